The highest BCUT2D eigenvalue weighted by Gasteiger charge is 1.99. The fraction of sp³-hybridized carbons (Fsp3) is 0.333. The predicted octanol–water partition coefficient (Wildman–Crippen LogP) is 1.83. The first-order valence-electron chi connectivity index (χ1n) is 4.91. The normalized spacial score (nSPS) is 9.19. The van der Waals surface area contributed by atoms with E-state index in [1.165, 1.54) is 12.1 Å². The number of hydrogen-bond acceptors (Lipinski definition) is 3. The van der Waals surface area contributed by atoms with Crippen molar-refractivity contribution in [2.24, 2.45) is 0 Å². The minimum absolute atomic E-state index is 0.0324. The summed E-state index contributed by atoms with van der Waals surface area (Å²) in [6, 6.07) is 2.77. The van der Waals surface area contributed by atoms with E-state index in [0.717, 1.165) is 0 Å². The Kier molecular flexibility index (Phi) is 4.46. The lowest BCUT2D eigenvalue weighted by Crippen LogP contribution is -2.01. The third kappa shape index (κ3) is 3.70. The highest BCUT2D eigenvalue weighted by Crippen LogP contribution is 2.04. The van der Waals surface area contributed by atoms with Gasteiger partial charge in [0.25, 0.3) is 0 Å². The molecule has 0 fully saturated rings. The van der Waals surface area contributed by atoms with Crippen molar-refractivity contribution in [3.05, 3.63) is 29.3 Å². The molecule has 0 aliphatic rings. The molecule has 0 spiro atoms. The summed E-state index contributed by atoms with van der Waals surface area (Å²) in [6.07, 6.45) is 0.0324. The smallest absolute Gasteiger partial charge is 0.317 e. The standard InChI is InChI=1S/C12H12FNO2/c1-3-16-12(15)6-4-5-10-7-8-11(13)14-9(10)2/h7-8H,3,6H2,1-2H3. The van der Waals surface area contributed by atoms with Crippen molar-refractivity contribution in [3.8, 4) is 11.8 Å². The zero-order chi connectivity index (χ0) is 12.0. The number of hydrogen-bond donors (Lipinski definition) is 0. The van der Waals surface area contributed by atoms with Crippen LogP contribution in [0.25, 0.3) is 0 Å². The topological polar surface area (TPSA) is 39.2 Å². The van der Waals surface area contributed by atoms with E-state index >= 15 is 0 Å². The fourth-order valence-corrected chi connectivity index (χ4v) is 1.09. The Balaban J connectivity index is 2.66. The Hall–Kier alpha value is -1.89. The van der Waals surface area contributed by atoms with Gasteiger partial charge in [0.2, 0.25) is 5.95 Å². The van der Waals surface area contributed by atoms with E-state index in [2.05, 4.69) is 16.8 Å². The molecule has 0 N–H and O–H groups in total. The van der Waals surface area contributed by atoms with E-state index in [9.17, 15) is 9.18 Å². The number of aryl methyl sites for hydroxylation is 1. The zero-order valence-corrected chi connectivity index (χ0v) is 9.21. The van der Waals surface area contributed by atoms with Crippen LogP contribution < -0.4 is 0 Å². The lowest BCUT2D eigenvalue weighted by Gasteiger charge is -1.96. The molecule has 16 heavy (non-hydrogen) atoms. The second-order valence-corrected chi connectivity index (χ2v) is 3.05. The number of carbonyl (C=O) groups is 1. The van der Waals surface area contributed by atoms with Crippen LogP contribution in [0, 0.1) is 24.7 Å². The quantitative estimate of drug-likeness (QED) is 0.434. The Morgan fingerprint density at radius 2 is 2.31 bits per heavy atom. The maximum absolute atomic E-state index is 12.7. The molecule has 84 valence electrons. The van der Waals surface area contributed by atoms with Gasteiger partial charge in [-0.3, -0.25) is 4.79 Å². The van der Waals surface area contributed by atoms with Gasteiger partial charge in [-0.1, -0.05) is 11.8 Å². The van der Waals surface area contributed by atoms with Gasteiger partial charge in [-0.25, -0.2) is 4.98 Å². The molecule has 0 amide bonds. The van der Waals surface area contributed by atoms with Crippen LogP contribution in [0.5, 0.6) is 0 Å². The van der Waals surface area contributed by atoms with E-state index in [0.29, 0.717) is 17.9 Å². The lowest BCUT2D eigenvalue weighted by atomic mass is 10.2. The molecule has 4 heteroatoms. The SMILES string of the molecule is CCOC(=O)CC#Cc1ccc(F)nc1C. The van der Waals surface area contributed by atoms with Crippen molar-refractivity contribution in [1.29, 1.82) is 0 Å². The molecule has 0 bridgehead atoms. The molecule has 0 saturated heterocycles. The molecule has 1 heterocycles. The van der Waals surface area contributed by atoms with Crippen molar-refractivity contribution in [1.82, 2.24) is 4.98 Å². The second-order valence-electron chi connectivity index (χ2n) is 3.05. The van der Waals surface area contributed by atoms with Gasteiger partial charge >= 0.3 is 5.97 Å². The molecule has 0 aromatic carbocycles. The van der Waals surface area contributed by atoms with Gasteiger partial charge in [0, 0.05) is 5.56 Å². The predicted molar refractivity (Wildman–Crippen MR) is 57.1 cm³/mol. The first-order valence-corrected chi connectivity index (χ1v) is 4.91. The molecular weight excluding hydrogens is 209 g/mol. The lowest BCUT2D eigenvalue weighted by molar-refractivity contribution is -0.141. The summed E-state index contributed by atoms with van der Waals surface area (Å²) in [6.45, 7) is 3.74. The minimum atomic E-state index is -0.534. The summed E-state index contributed by atoms with van der Waals surface area (Å²) in [5, 5.41) is 0. The van der Waals surface area contributed by atoms with Crippen LogP contribution in [0.4, 0.5) is 4.39 Å². The molecule has 0 atom stereocenters. The number of carbonyl (C=O) groups excluding carboxylic acids is 1. The van der Waals surface area contributed by atoms with Crippen LogP contribution in [0.3, 0.4) is 0 Å². The third-order valence-corrected chi connectivity index (χ3v) is 1.81. The van der Waals surface area contributed by atoms with Gasteiger partial charge in [0.05, 0.1) is 12.3 Å². The minimum Gasteiger partial charge on any atom is -0.465 e. The zero-order valence-electron chi connectivity index (χ0n) is 9.21. The molecule has 1 aromatic rings. The van der Waals surface area contributed by atoms with Crippen LogP contribution in [0.2, 0.25) is 0 Å². The third-order valence-electron chi connectivity index (χ3n) is 1.81. The number of halogens is 1. The first kappa shape index (κ1) is 12.2. The summed E-state index contributed by atoms with van der Waals surface area (Å²) in [5.74, 6) is 4.52. The van der Waals surface area contributed by atoms with Gasteiger partial charge in [0.1, 0.15) is 6.42 Å². The van der Waals surface area contributed by atoms with Crippen molar-refractivity contribution in [2.45, 2.75) is 20.3 Å². The maximum Gasteiger partial charge on any atom is 0.317 e. The summed E-state index contributed by atoms with van der Waals surface area (Å²) < 4.78 is 17.4. The van der Waals surface area contributed by atoms with Gasteiger partial charge in [-0.05, 0) is 26.0 Å². The van der Waals surface area contributed by atoms with E-state index in [1.54, 1.807) is 13.8 Å². The van der Waals surface area contributed by atoms with Crippen LogP contribution in [0.15, 0.2) is 12.1 Å². The van der Waals surface area contributed by atoms with E-state index in [1.807, 2.05) is 0 Å². The fourth-order valence-electron chi connectivity index (χ4n) is 1.09. The van der Waals surface area contributed by atoms with Crippen LogP contribution in [-0.4, -0.2) is 17.6 Å². The number of rotatable bonds is 2. The number of esters is 1. The van der Waals surface area contributed by atoms with Crippen molar-refractivity contribution < 1.29 is 13.9 Å². The molecule has 1 rings (SSSR count). The van der Waals surface area contributed by atoms with Crippen LogP contribution in [-0.2, 0) is 9.53 Å². The van der Waals surface area contributed by atoms with Gasteiger partial charge in [0.15, 0.2) is 0 Å². The molecule has 0 aliphatic heterocycles. The van der Waals surface area contributed by atoms with Gasteiger partial charge in [-0.2, -0.15) is 4.39 Å². The number of pyridine rings is 1. The summed E-state index contributed by atoms with van der Waals surface area (Å²) >= 11 is 0. The monoisotopic (exact) mass is 221 g/mol. The van der Waals surface area contributed by atoms with Crippen molar-refractivity contribution in [2.75, 3.05) is 6.61 Å². The molecular formula is C12H12FNO2. The van der Waals surface area contributed by atoms with E-state index < -0.39 is 5.95 Å². The highest BCUT2D eigenvalue weighted by atomic mass is 19.1. The highest BCUT2D eigenvalue weighted by molar-refractivity contribution is 5.72. The molecule has 0 saturated carbocycles. The van der Waals surface area contributed by atoms with E-state index in [4.69, 9.17) is 4.74 Å². The second kappa shape index (κ2) is 5.86. The number of ether oxygens (including phenoxy) is 1. The Labute approximate surface area is 93.6 Å². The van der Waals surface area contributed by atoms with Crippen LogP contribution >= 0.6 is 0 Å². The summed E-state index contributed by atoms with van der Waals surface area (Å²) in [7, 11) is 0. The summed E-state index contributed by atoms with van der Waals surface area (Å²) in [5.41, 5.74) is 1.13. The molecule has 3 nitrogen and oxygen atoms in total. The Morgan fingerprint density at radius 1 is 1.56 bits per heavy atom. The van der Waals surface area contributed by atoms with Crippen molar-refractivity contribution in [3.63, 3.8) is 0 Å². The maximum atomic E-state index is 12.7. The average Bonchev–Trinajstić information content (AvgIpc) is 2.22. The van der Waals surface area contributed by atoms with Crippen LogP contribution in [0.1, 0.15) is 24.6 Å². The van der Waals surface area contributed by atoms with E-state index in [-0.39, 0.29) is 12.4 Å². The molecule has 1 aromatic heterocycles. The average molecular weight is 221 g/mol. The van der Waals surface area contributed by atoms with Gasteiger partial charge in [-0.15, -0.1) is 0 Å². The summed E-state index contributed by atoms with van der Waals surface area (Å²) in [4.78, 5) is 14.6. The van der Waals surface area contributed by atoms with Crippen molar-refractivity contribution >= 4 is 5.97 Å². The number of nitrogens with zero attached hydrogens (tertiary/aromatic N) is 1. The Bertz CT molecular complexity index is 446. The first-order chi connectivity index (χ1) is 7.63. The largest absolute Gasteiger partial charge is 0.465 e. The Morgan fingerprint density at radius 3 is 2.94 bits per heavy atom. The molecule has 0 unspecified atom stereocenters. The molecule has 0 aliphatic carbocycles. The molecule has 0 radical (unpaired) electrons. The van der Waals surface area contributed by atoms with Gasteiger partial charge < -0.3 is 4.74 Å². The number of aromatic nitrogens is 1.